The molecule has 26 heavy (non-hydrogen) atoms. The van der Waals surface area contributed by atoms with Crippen LogP contribution in [-0.4, -0.2) is 17.6 Å². The smallest absolute Gasteiger partial charge is 0.266 e. The molecular formula is C19H14Br2N2O3. The lowest BCUT2D eigenvalue weighted by Gasteiger charge is -2.10. The largest absolute Gasteiger partial charge is 0.508 e. The summed E-state index contributed by atoms with van der Waals surface area (Å²) in [5, 5.41) is 21.2. The van der Waals surface area contributed by atoms with E-state index in [9.17, 15) is 15.2 Å². The fourth-order valence-electron chi connectivity index (χ4n) is 2.00. The van der Waals surface area contributed by atoms with E-state index < -0.39 is 5.91 Å². The van der Waals surface area contributed by atoms with Crippen LogP contribution in [0.1, 0.15) is 5.56 Å². The number of benzene rings is 2. The first kappa shape index (κ1) is 19.8. The van der Waals surface area contributed by atoms with Crippen LogP contribution in [0.4, 0.5) is 5.69 Å². The van der Waals surface area contributed by atoms with Gasteiger partial charge in [0.1, 0.15) is 29.7 Å². The quantitative estimate of drug-likeness (QED) is 0.264. The van der Waals surface area contributed by atoms with E-state index in [0.29, 0.717) is 32.6 Å². The Morgan fingerprint density at radius 3 is 2.42 bits per heavy atom. The van der Waals surface area contributed by atoms with Crippen molar-refractivity contribution in [2.24, 2.45) is 0 Å². The van der Waals surface area contributed by atoms with Crippen molar-refractivity contribution in [1.29, 1.82) is 5.26 Å². The molecule has 2 aromatic carbocycles. The molecule has 0 radical (unpaired) electrons. The predicted octanol–water partition coefficient (Wildman–Crippen LogP) is 5.03. The number of anilines is 1. The lowest BCUT2D eigenvalue weighted by Crippen LogP contribution is -2.13. The van der Waals surface area contributed by atoms with Gasteiger partial charge in [0.2, 0.25) is 0 Å². The number of ether oxygens (including phenoxy) is 1. The van der Waals surface area contributed by atoms with Gasteiger partial charge in [0.25, 0.3) is 5.91 Å². The number of halogens is 2. The summed E-state index contributed by atoms with van der Waals surface area (Å²) < 4.78 is 6.90. The number of nitriles is 1. The van der Waals surface area contributed by atoms with Crippen molar-refractivity contribution >= 4 is 49.5 Å². The van der Waals surface area contributed by atoms with Gasteiger partial charge in [-0.2, -0.15) is 5.26 Å². The number of rotatable bonds is 6. The van der Waals surface area contributed by atoms with E-state index in [4.69, 9.17) is 4.74 Å². The van der Waals surface area contributed by atoms with E-state index in [-0.39, 0.29) is 11.3 Å². The zero-order chi connectivity index (χ0) is 19.1. The number of amides is 1. The molecular weight excluding hydrogens is 464 g/mol. The summed E-state index contributed by atoms with van der Waals surface area (Å²) in [4.78, 5) is 12.3. The zero-order valence-corrected chi connectivity index (χ0v) is 16.7. The molecule has 0 saturated heterocycles. The van der Waals surface area contributed by atoms with Crippen molar-refractivity contribution in [3.63, 3.8) is 0 Å². The molecule has 2 aromatic rings. The maximum Gasteiger partial charge on any atom is 0.266 e. The van der Waals surface area contributed by atoms with E-state index in [0.717, 1.165) is 0 Å². The first-order valence-electron chi connectivity index (χ1n) is 7.39. The lowest BCUT2D eigenvalue weighted by molar-refractivity contribution is -0.112. The Hall–Kier alpha value is -2.56. The predicted molar refractivity (Wildman–Crippen MR) is 108 cm³/mol. The SMILES string of the molecule is C=CCOc1c(Br)cc(/C=C(\C#N)C(=O)Nc2ccc(O)cc2)cc1Br. The van der Waals surface area contributed by atoms with Crippen molar-refractivity contribution in [3.8, 4) is 17.6 Å². The van der Waals surface area contributed by atoms with Crippen LogP contribution < -0.4 is 10.1 Å². The molecule has 7 heteroatoms. The molecule has 132 valence electrons. The summed E-state index contributed by atoms with van der Waals surface area (Å²) in [5.74, 6) is 0.152. The minimum absolute atomic E-state index is 0.0587. The van der Waals surface area contributed by atoms with Crippen molar-refractivity contribution in [1.82, 2.24) is 0 Å². The average Bonchev–Trinajstić information content (AvgIpc) is 2.61. The Morgan fingerprint density at radius 2 is 1.88 bits per heavy atom. The topological polar surface area (TPSA) is 82.3 Å². The van der Waals surface area contributed by atoms with Crippen LogP contribution in [0.5, 0.6) is 11.5 Å². The molecule has 0 heterocycles. The molecule has 1 amide bonds. The maximum absolute atomic E-state index is 12.3. The first-order chi connectivity index (χ1) is 12.4. The van der Waals surface area contributed by atoms with Gasteiger partial charge in [0, 0.05) is 5.69 Å². The first-order valence-corrected chi connectivity index (χ1v) is 8.98. The molecule has 0 saturated carbocycles. The molecule has 0 atom stereocenters. The maximum atomic E-state index is 12.3. The van der Waals surface area contributed by atoms with E-state index in [1.54, 1.807) is 30.3 Å². The molecule has 0 spiro atoms. The van der Waals surface area contributed by atoms with Gasteiger partial charge in [0.05, 0.1) is 8.95 Å². The molecule has 0 aliphatic heterocycles. The van der Waals surface area contributed by atoms with Crippen molar-refractivity contribution in [2.45, 2.75) is 0 Å². The van der Waals surface area contributed by atoms with Gasteiger partial charge in [-0.25, -0.2) is 0 Å². The molecule has 0 aliphatic carbocycles. The number of phenols is 1. The number of carbonyl (C=O) groups is 1. The van der Waals surface area contributed by atoms with Crippen LogP contribution in [-0.2, 0) is 4.79 Å². The number of nitrogens with one attached hydrogen (secondary N) is 1. The molecule has 5 nitrogen and oxygen atoms in total. The summed E-state index contributed by atoms with van der Waals surface area (Å²) in [6, 6.07) is 11.4. The minimum atomic E-state index is -0.544. The standard InChI is InChI=1S/C19H14Br2N2O3/c1-2-7-26-18-16(20)9-12(10-17(18)21)8-13(11-22)19(25)23-14-3-5-15(24)6-4-14/h2-6,8-10,24H,1,7H2,(H,23,25)/b13-8+. The van der Waals surface area contributed by atoms with E-state index >= 15 is 0 Å². The Balaban J connectivity index is 2.24. The van der Waals surface area contributed by atoms with Gasteiger partial charge in [-0.05, 0) is 79.9 Å². The fourth-order valence-corrected chi connectivity index (χ4v) is 3.45. The molecule has 0 aromatic heterocycles. The van der Waals surface area contributed by atoms with Crippen LogP contribution in [0.2, 0.25) is 0 Å². The second-order valence-corrected chi connectivity index (χ2v) is 6.79. The summed E-state index contributed by atoms with van der Waals surface area (Å²) in [6.45, 7) is 3.95. The second-order valence-electron chi connectivity index (χ2n) is 5.08. The Labute approximate surface area is 167 Å². The highest BCUT2D eigenvalue weighted by Gasteiger charge is 2.12. The third-order valence-electron chi connectivity index (χ3n) is 3.17. The van der Waals surface area contributed by atoms with Crippen LogP contribution in [0, 0.1) is 11.3 Å². The highest BCUT2D eigenvalue weighted by atomic mass is 79.9. The third-order valence-corrected chi connectivity index (χ3v) is 4.35. The molecule has 0 fully saturated rings. The molecule has 0 aliphatic rings. The van der Waals surface area contributed by atoms with E-state index in [1.807, 2.05) is 6.07 Å². The Bertz CT molecular complexity index is 877. The van der Waals surface area contributed by atoms with Crippen LogP contribution in [0.15, 0.2) is 63.6 Å². The molecule has 0 bridgehead atoms. The normalized spacial score (nSPS) is 10.7. The third kappa shape index (κ3) is 5.22. The minimum Gasteiger partial charge on any atom is -0.508 e. The summed E-state index contributed by atoms with van der Waals surface area (Å²) in [6.07, 6.45) is 3.11. The number of aromatic hydroxyl groups is 1. The van der Waals surface area contributed by atoms with E-state index in [1.165, 1.54) is 18.2 Å². The molecule has 0 unspecified atom stereocenters. The fraction of sp³-hybridized carbons (Fsp3) is 0.0526. The van der Waals surface area contributed by atoms with Crippen molar-refractivity contribution < 1.29 is 14.6 Å². The highest BCUT2D eigenvalue weighted by Crippen LogP contribution is 2.35. The monoisotopic (exact) mass is 476 g/mol. The van der Waals surface area contributed by atoms with Crippen molar-refractivity contribution in [2.75, 3.05) is 11.9 Å². The number of nitrogens with zero attached hydrogens (tertiary/aromatic N) is 1. The number of phenolic OH excluding ortho intramolecular Hbond substituents is 1. The lowest BCUT2D eigenvalue weighted by atomic mass is 10.1. The van der Waals surface area contributed by atoms with E-state index in [2.05, 4.69) is 43.8 Å². The van der Waals surface area contributed by atoms with Gasteiger partial charge in [-0.15, -0.1) is 0 Å². The van der Waals surface area contributed by atoms with Crippen molar-refractivity contribution in [3.05, 3.63) is 69.1 Å². The summed E-state index contributed by atoms with van der Waals surface area (Å²) >= 11 is 6.82. The van der Waals surface area contributed by atoms with Gasteiger partial charge in [0.15, 0.2) is 0 Å². The summed E-state index contributed by atoms with van der Waals surface area (Å²) in [5.41, 5.74) is 1.06. The van der Waals surface area contributed by atoms with Gasteiger partial charge < -0.3 is 15.2 Å². The highest BCUT2D eigenvalue weighted by molar-refractivity contribution is 9.11. The second kappa shape index (κ2) is 9.22. The van der Waals surface area contributed by atoms with Crippen LogP contribution in [0.25, 0.3) is 6.08 Å². The van der Waals surface area contributed by atoms with Gasteiger partial charge in [-0.3, -0.25) is 4.79 Å². The Morgan fingerprint density at radius 1 is 1.27 bits per heavy atom. The van der Waals surface area contributed by atoms with Crippen LogP contribution in [0.3, 0.4) is 0 Å². The molecule has 2 N–H and O–H groups in total. The van der Waals surface area contributed by atoms with Gasteiger partial charge >= 0.3 is 0 Å². The number of hydrogen-bond acceptors (Lipinski definition) is 4. The van der Waals surface area contributed by atoms with Gasteiger partial charge in [-0.1, -0.05) is 12.7 Å². The number of hydrogen-bond donors (Lipinski definition) is 2. The Kier molecular flexibility index (Phi) is 7.01. The zero-order valence-electron chi connectivity index (χ0n) is 13.5. The average molecular weight is 478 g/mol. The molecule has 2 rings (SSSR count). The van der Waals surface area contributed by atoms with Crippen LogP contribution >= 0.6 is 31.9 Å². The number of carbonyl (C=O) groups excluding carboxylic acids is 1. The summed E-state index contributed by atoms with van der Waals surface area (Å²) in [7, 11) is 0.